The third-order valence-corrected chi connectivity index (χ3v) is 3.63. The van der Waals surface area contributed by atoms with Gasteiger partial charge in [0, 0.05) is 0 Å². The van der Waals surface area contributed by atoms with Crippen LogP contribution in [0.25, 0.3) is 0 Å². The Morgan fingerprint density at radius 3 is 2.06 bits per heavy atom. The van der Waals surface area contributed by atoms with Gasteiger partial charge in [0.2, 0.25) is 0 Å². The molecular weight excluding hydrogens is 243 g/mol. The predicted octanol–water partition coefficient (Wildman–Crippen LogP) is 0.108. The molecule has 0 saturated heterocycles. The van der Waals surface area contributed by atoms with Gasteiger partial charge in [-0.15, -0.1) is 0 Å². The zero-order chi connectivity index (χ0) is 12.7. The summed E-state index contributed by atoms with van der Waals surface area (Å²) in [5, 5.41) is 0. The van der Waals surface area contributed by atoms with E-state index in [0.717, 1.165) is 18.4 Å². The minimum Gasteiger partial charge on any atom is -0.744 e. The van der Waals surface area contributed by atoms with Gasteiger partial charge in [-0.3, -0.25) is 0 Å². The Kier molecular flexibility index (Phi) is 8.63. The Bertz CT molecular complexity index is 426. The molecule has 1 aromatic rings. The summed E-state index contributed by atoms with van der Waals surface area (Å²) in [5.41, 5.74) is 1.09. The minimum atomic E-state index is -4.30. The van der Waals surface area contributed by atoms with Gasteiger partial charge in [0.15, 0.2) is 0 Å². The van der Waals surface area contributed by atoms with Crippen molar-refractivity contribution >= 4 is 10.1 Å². The summed E-state index contributed by atoms with van der Waals surface area (Å²) in [6.07, 6.45) is 7.02. The maximum atomic E-state index is 10.7. The molecule has 0 unspecified atom stereocenters. The molecule has 96 valence electrons. The van der Waals surface area contributed by atoms with Crippen LogP contribution in [0.1, 0.15) is 44.6 Å². The smallest absolute Gasteiger partial charge is 0.744 e. The topological polar surface area (TPSA) is 57.2 Å². The summed E-state index contributed by atoms with van der Waals surface area (Å²) >= 11 is 0. The molecule has 0 bridgehead atoms. The summed E-state index contributed by atoms with van der Waals surface area (Å²) < 4.78 is 32.2. The van der Waals surface area contributed by atoms with Crippen LogP contribution in [0.5, 0.6) is 0 Å². The first-order valence-corrected chi connectivity index (χ1v) is 7.49. The van der Waals surface area contributed by atoms with Crippen molar-refractivity contribution in [1.29, 1.82) is 0 Å². The molecule has 0 aliphatic carbocycles. The van der Waals surface area contributed by atoms with Crippen molar-refractivity contribution in [3.05, 3.63) is 29.8 Å². The SMILES string of the molecule is CCCCCCCc1ccc(S(=O)(=O)[O-])cc1.[Li+]. The minimum absolute atomic E-state index is 0. The Hall–Kier alpha value is -0.273. The van der Waals surface area contributed by atoms with Crippen molar-refractivity contribution in [1.82, 2.24) is 0 Å². The van der Waals surface area contributed by atoms with Crippen LogP contribution in [-0.4, -0.2) is 13.0 Å². The Morgan fingerprint density at radius 1 is 1.00 bits per heavy atom. The standard InChI is InChI=1S/C13H20O3S.Li/c1-2-3-4-5-6-7-12-8-10-13(11-9-12)17(14,15)16;/h8-11H,2-7H2,1H3,(H,14,15,16);/q;+1/p-1. The molecule has 0 aromatic heterocycles. The molecule has 0 spiro atoms. The van der Waals surface area contributed by atoms with Crippen LogP contribution in [0.3, 0.4) is 0 Å². The predicted molar refractivity (Wildman–Crippen MR) is 66.9 cm³/mol. The summed E-state index contributed by atoms with van der Waals surface area (Å²) in [6, 6.07) is 6.24. The molecule has 0 aliphatic rings. The Labute approximate surface area is 122 Å². The Balaban J connectivity index is 0.00000289. The maximum Gasteiger partial charge on any atom is 1.00 e. The number of unbranched alkanes of at least 4 members (excludes halogenated alkanes) is 4. The van der Waals surface area contributed by atoms with Crippen molar-refractivity contribution in [2.75, 3.05) is 0 Å². The average molecular weight is 262 g/mol. The molecule has 1 rings (SSSR count). The Morgan fingerprint density at radius 2 is 1.56 bits per heavy atom. The van der Waals surface area contributed by atoms with E-state index in [9.17, 15) is 13.0 Å². The van der Waals surface area contributed by atoms with Crippen LogP contribution in [0.15, 0.2) is 29.2 Å². The van der Waals surface area contributed by atoms with Crippen molar-refractivity contribution in [2.24, 2.45) is 0 Å². The maximum absolute atomic E-state index is 10.7. The second kappa shape index (κ2) is 8.76. The zero-order valence-corrected chi connectivity index (χ0v) is 12.0. The fourth-order valence-corrected chi connectivity index (χ4v) is 2.22. The largest absolute Gasteiger partial charge is 1.00 e. The van der Waals surface area contributed by atoms with E-state index in [-0.39, 0.29) is 23.8 Å². The van der Waals surface area contributed by atoms with Crippen molar-refractivity contribution in [2.45, 2.75) is 50.3 Å². The number of benzene rings is 1. The molecule has 0 fully saturated rings. The van der Waals surface area contributed by atoms with Gasteiger partial charge in [0.05, 0.1) is 4.90 Å². The number of hydrogen-bond donors (Lipinski definition) is 0. The van der Waals surface area contributed by atoms with E-state index in [4.69, 9.17) is 0 Å². The van der Waals surface area contributed by atoms with Crippen molar-refractivity contribution in [3.8, 4) is 0 Å². The van der Waals surface area contributed by atoms with E-state index >= 15 is 0 Å². The van der Waals surface area contributed by atoms with Crippen LogP contribution >= 0.6 is 0 Å². The summed E-state index contributed by atoms with van der Waals surface area (Å²) in [5.74, 6) is 0. The molecule has 0 aliphatic heterocycles. The third kappa shape index (κ3) is 6.60. The van der Waals surface area contributed by atoms with Crippen LogP contribution in [0.2, 0.25) is 0 Å². The molecule has 5 heteroatoms. The van der Waals surface area contributed by atoms with Gasteiger partial charge in [-0.1, -0.05) is 44.7 Å². The second-order valence-corrected chi connectivity index (χ2v) is 5.64. The van der Waals surface area contributed by atoms with Crippen molar-refractivity contribution in [3.63, 3.8) is 0 Å². The molecule has 3 nitrogen and oxygen atoms in total. The zero-order valence-electron chi connectivity index (χ0n) is 11.2. The first-order valence-electron chi connectivity index (χ1n) is 6.09. The summed E-state index contributed by atoms with van der Waals surface area (Å²) in [6.45, 7) is 2.18. The number of hydrogen-bond acceptors (Lipinski definition) is 3. The van der Waals surface area contributed by atoms with Gasteiger partial charge in [-0.05, 0) is 30.5 Å². The molecule has 18 heavy (non-hydrogen) atoms. The van der Waals surface area contributed by atoms with Crippen LogP contribution in [0.4, 0.5) is 0 Å². The quantitative estimate of drug-likeness (QED) is 0.398. The van der Waals surface area contributed by atoms with E-state index in [1.165, 1.54) is 37.8 Å². The van der Waals surface area contributed by atoms with Gasteiger partial charge in [0.1, 0.15) is 10.1 Å². The fourth-order valence-electron chi connectivity index (χ4n) is 1.76. The summed E-state index contributed by atoms with van der Waals surface area (Å²) in [7, 11) is -4.30. The first-order chi connectivity index (χ1) is 8.04. The van der Waals surface area contributed by atoms with Gasteiger partial charge in [-0.2, -0.15) is 0 Å². The molecule has 0 heterocycles. The van der Waals surface area contributed by atoms with Crippen LogP contribution in [0, 0.1) is 0 Å². The number of rotatable bonds is 7. The molecule has 0 amide bonds. The van der Waals surface area contributed by atoms with E-state index < -0.39 is 10.1 Å². The molecule has 0 radical (unpaired) electrons. The van der Waals surface area contributed by atoms with E-state index in [1.807, 2.05) is 0 Å². The van der Waals surface area contributed by atoms with Gasteiger partial charge in [-0.25, -0.2) is 8.42 Å². The number of aryl methyl sites for hydroxylation is 1. The second-order valence-electron chi connectivity index (χ2n) is 4.26. The molecule has 1 aromatic carbocycles. The molecule has 0 saturated carbocycles. The first kappa shape index (κ1) is 17.7. The average Bonchev–Trinajstić information content (AvgIpc) is 2.28. The van der Waals surface area contributed by atoms with E-state index in [2.05, 4.69) is 6.92 Å². The summed E-state index contributed by atoms with van der Waals surface area (Å²) in [4.78, 5) is -0.146. The van der Waals surface area contributed by atoms with E-state index in [0.29, 0.717) is 0 Å². The van der Waals surface area contributed by atoms with Gasteiger partial charge < -0.3 is 4.55 Å². The van der Waals surface area contributed by atoms with Crippen LogP contribution in [-0.2, 0) is 16.5 Å². The molecule has 0 N–H and O–H groups in total. The molecular formula is C13H19LiO3S. The molecule has 0 atom stereocenters. The monoisotopic (exact) mass is 262 g/mol. The van der Waals surface area contributed by atoms with Gasteiger partial charge >= 0.3 is 18.9 Å². The van der Waals surface area contributed by atoms with E-state index in [1.54, 1.807) is 12.1 Å². The fraction of sp³-hybridized carbons (Fsp3) is 0.538. The van der Waals surface area contributed by atoms with Gasteiger partial charge in [0.25, 0.3) is 0 Å². The normalized spacial score (nSPS) is 11.0. The third-order valence-electron chi connectivity index (χ3n) is 2.78. The van der Waals surface area contributed by atoms with Crippen molar-refractivity contribution < 1.29 is 31.8 Å². The van der Waals surface area contributed by atoms with Crippen LogP contribution < -0.4 is 18.9 Å².